The highest BCUT2D eigenvalue weighted by Gasteiger charge is 2.21. The summed E-state index contributed by atoms with van der Waals surface area (Å²) < 4.78 is 11.5. The van der Waals surface area contributed by atoms with Gasteiger partial charge in [0, 0.05) is 0 Å². The highest BCUT2D eigenvalue weighted by atomic mass is 16.5. The summed E-state index contributed by atoms with van der Waals surface area (Å²) >= 11 is 0. The van der Waals surface area contributed by atoms with Crippen molar-refractivity contribution in [2.24, 2.45) is 0 Å². The van der Waals surface area contributed by atoms with Crippen LogP contribution < -0.4 is 14.8 Å². The molecular weight excluding hydrogens is 362 g/mol. The van der Waals surface area contributed by atoms with Gasteiger partial charge in [0.15, 0.2) is 6.10 Å². The number of methoxy groups -OCH3 is 1. The van der Waals surface area contributed by atoms with E-state index in [9.17, 15) is 4.79 Å². The first kappa shape index (κ1) is 22.8. The van der Waals surface area contributed by atoms with E-state index in [2.05, 4.69) is 39.1 Å². The molecule has 0 saturated heterocycles. The largest absolute Gasteiger partial charge is 0.496 e. The van der Waals surface area contributed by atoms with Crippen LogP contribution in [0.1, 0.15) is 81.7 Å². The Morgan fingerprint density at radius 1 is 0.862 bits per heavy atom. The highest BCUT2D eigenvalue weighted by molar-refractivity contribution is 5.81. The Morgan fingerprint density at radius 3 is 2.07 bits per heavy atom. The number of nitrogens with one attached hydrogen (secondary N) is 1. The molecule has 2 rings (SSSR count). The predicted molar refractivity (Wildman–Crippen MR) is 119 cm³/mol. The van der Waals surface area contributed by atoms with Crippen molar-refractivity contribution in [2.45, 2.75) is 72.4 Å². The van der Waals surface area contributed by atoms with Gasteiger partial charge in [-0.25, -0.2) is 0 Å². The summed E-state index contributed by atoms with van der Waals surface area (Å²) in [4.78, 5) is 12.8. The molecule has 0 saturated carbocycles. The molecule has 0 aromatic heterocycles. The van der Waals surface area contributed by atoms with Crippen LogP contribution in [-0.2, 0) is 4.79 Å². The summed E-state index contributed by atoms with van der Waals surface area (Å²) in [5, 5.41) is 3.10. The number of ether oxygens (including phenoxy) is 2. The minimum Gasteiger partial charge on any atom is -0.496 e. The number of para-hydroxylation sites is 1. The van der Waals surface area contributed by atoms with Gasteiger partial charge in [-0.05, 0) is 73.1 Å². The molecule has 4 heteroatoms. The van der Waals surface area contributed by atoms with Crippen molar-refractivity contribution >= 4 is 5.91 Å². The van der Waals surface area contributed by atoms with Gasteiger partial charge in [0.25, 0.3) is 5.91 Å². The van der Waals surface area contributed by atoms with Gasteiger partial charge in [0.05, 0.1) is 13.2 Å². The minimum atomic E-state index is -0.583. The zero-order valence-electron chi connectivity index (χ0n) is 19.0. The van der Waals surface area contributed by atoms with Crippen molar-refractivity contribution in [3.05, 3.63) is 58.7 Å². The molecule has 1 N–H and O–H groups in total. The maximum Gasteiger partial charge on any atom is 0.261 e. The average molecular weight is 398 g/mol. The molecule has 0 aliphatic carbocycles. The molecule has 2 atom stereocenters. The van der Waals surface area contributed by atoms with Crippen LogP contribution >= 0.6 is 0 Å². The summed E-state index contributed by atoms with van der Waals surface area (Å²) in [6.45, 7) is 14.4. The molecule has 0 aliphatic rings. The lowest BCUT2D eigenvalue weighted by molar-refractivity contribution is -0.127. The van der Waals surface area contributed by atoms with Crippen LogP contribution in [0.15, 0.2) is 36.4 Å². The number of amides is 1. The van der Waals surface area contributed by atoms with Gasteiger partial charge in [0.2, 0.25) is 0 Å². The Hall–Kier alpha value is -2.49. The number of aryl methyl sites for hydroxylation is 1. The van der Waals surface area contributed by atoms with Crippen LogP contribution in [0.3, 0.4) is 0 Å². The molecule has 0 radical (unpaired) electrons. The fourth-order valence-electron chi connectivity index (χ4n) is 3.53. The molecule has 0 spiro atoms. The standard InChI is InChI=1S/C25H35NO3/c1-15(2)20-11-9-10-12-23(20)29-19(7)25(27)26-18(6)22-14-21(16(3)4)24(28-8)13-17(22)5/h9-16,18-19H,1-8H3,(H,26,27)/t18-,19+/m1/s1. The van der Waals surface area contributed by atoms with Crippen LogP contribution in [0.4, 0.5) is 0 Å². The number of carbonyl (C=O) groups is 1. The summed E-state index contributed by atoms with van der Waals surface area (Å²) in [6, 6.07) is 12.0. The zero-order valence-corrected chi connectivity index (χ0v) is 19.0. The van der Waals surface area contributed by atoms with E-state index in [1.165, 1.54) is 0 Å². The van der Waals surface area contributed by atoms with Crippen molar-refractivity contribution in [2.75, 3.05) is 7.11 Å². The second-order valence-electron chi connectivity index (χ2n) is 8.29. The summed E-state index contributed by atoms with van der Waals surface area (Å²) in [6.07, 6.45) is -0.583. The molecule has 0 heterocycles. The van der Waals surface area contributed by atoms with E-state index >= 15 is 0 Å². The lowest BCUT2D eigenvalue weighted by Crippen LogP contribution is -2.38. The second-order valence-corrected chi connectivity index (χ2v) is 8.29. The molecule has 1 amide bonds. The molecule has 0 aliphatic heterocycles. The van der Waals surface area contributed by atoms with E-state index in [4.69, 9.17) is 9.47 Å². The number of benzene rings is 2. The topological polar surface area (TPSA) is 47.6 Å². The molecule has 2 aromatic carbocycles. The van der Waals surface area contributed by atoms with Gasteiger partial charge in [-0.1, -0.05) is 45.9 Å². The number of rotatable bonds is 8. The van der Waals surface area contributed by atoms with Crippen molar-refractivity contribution < 1.29 is 14.3 Å². The zero-order chi connectivity index (χ0) is 21.7. The third-order valence-electron chi connectivity index (χ3n) is 5.28. The Morgan fingerprint density at radius 2 is 1.48 bits per heavy atom. The van der Waals surface area contributed by atoms with Gasteiger partial charge in [0.1, 0.15) is 11.5 Å². The minimum absolute atomic E-state index is 0.127. The Labute approximate surface area is 175 Å². The second kappa shape index (κ2) is 9.82. The lowest BCUT2D eigenvalue weighted by atomic mass is 9.93. The molecular formula is C25H35NO3. The quantitative estimate of drug-likeness (QED) is 0.604. The van der Waals surface area contributed by atoms with E-state index in [1.807, 2.05) is 44.2 Å². The highest BCUT2D eigenvalue weighted by Crippen LogP contribution is 2.32. The first-order valence-corrected chi connectivity index (χ1v) is 10.4. The van der Waals surface area contributed by atoms with Crippen LogP contribution in [0.2, 0.25) is 0 Å². The van der Waals surface area contributed by atoms with Gasteiger partial charge < -0.3 is 14.8 Å². The number of hydrogen-bond acceptors (Lipinski definition) is 3. The first-order valence-electron chi connectivity index (χ1n) is 10.4. The van der Waals surface area contributed by atoms with Crippen molar-refractivity contribution in [3.8, 4) is 11.5 Å². The monoisotopic (exact) mass is 397 g/mol. The van der Waals surface area contributed by atoms with E-state index in [0.717, 1.165) is 33.8 Å². The molecule has 29 heavy (non-hydrogen) atoms. The van der Waals surface area contributed by atoms with Crippen molar-refractivity contribution in [3.63, 3.8) is 0 Å². The third-order valence-corrected chi connectivity index (χ3v) is 5.28. The Bertz CT molecular complexity index is 842. The van der Waals surface area contributed by atoms with Gasteiger partial charge in [-0.15, -0.1) is 0 Å². The van der Waals surface area contributed by atoms with Crippen LogP contribution in [-0.4, -0.2) is 19.1 Å². The molecule has 0 unspecified atom stereocenters. The molecule has 4 nitrogen and oxygen atoms in total. The van der Waals surface area contributed by atoms with Crippen LogP contribution in [0, 0.1) is 6.92 Å². The fraction of sp³-hybridized carbons (Fsp3) is 0.480. The fourth-order valence-corrected chi connectivity index (χ4v) is 3.53. The van der Waals surface area contributed by atoms with E-state index in [-0.39, 0.29) is 11.9 Å². The number of carbonyl (C=O) groups excluding carboxylic acids is 1. The maximum atomic E-state index is 12.8. The van der Waals surface area contributed by atoms with Crippen LogP contribution in [0.25, 0.3) is 0 Å². The van der Waals surface area contributed by atoms with Crippen LogP contribution in [0.5, 0.6) is 11.5 Å². The molecule has 2 aromatic rings. The van der Waals surface area contributed by atoms with Gasteiger partial charge in [-0.2, -0.15) is 0 Å². The average Bonchev–Trinajstić information content (AvgIpc) is 2.67. The van der Waals surface area contributed by atoms with E-state index in [0.29, 0.717) is 11.8 Å². The predicted octanol–water partition coefficient (Wildman–Crippen LogP) is 5.90. The van der Waals surface area contributed by atoms with E-state index < -0.39 is 6.10 Å². The Balaban J connectivity index is 2.15. The Kier molecular flexibility index (Phi) is 7.72. The number of hydrogen-bond donors (Lipinski definition) is 1. The molecule has 0 fully saturated rings. The summed E-state index contributed by atoms with van der Waals surface area (Å²) in [5.74, 6) is 2.19. The van der Waals surface area contributed by atoms with Gasteiger partial charge in [-0.3, -0.25) is 4.79 Å². The normalized spacial score (nSPS) is 13.3. The summed E-state index contributed by atoms with van der Waals surface area (Å²) in [7, 11) is 1.69. The van der Waals surface area contributed by atoms with Crippen molar-refractivity contribution in [1.82, 2.24) is 5.32 Å². The van der Waals surface area contributed by atoms with Gasteiger partial charge >= 0.3 is 0 Å². The smallest absolute Gasteiger partial charge is 0.261 e. The van der Waals surface area contributed by atoms with E-state index in [1.54, 1.807) is 14.0 Å². The lowest BCUT2D eigenvalue weighted by Gasteiger charge is -2.23. The SMILES string of the molecule is COc1cc(C)c([C@@H](C)NC(=O)[C@H](C)Oc2ccccc2C(C)C)cc1C(C)C. The third kappa shape index (κ3) is 5.53. The molecule has 0 bridgehead atoms. The summed E-state index contributed by atoms with van der Waals surface area (Å²) in [5.41, 5.74) is 4.44. The maximum absolute atomic E-state index is 12.8. The van der Waals surface area contributed by atoms with Crippen molar-refractivity contribution in [1.29, 1.82) is 0 Å². The first-order chi connectivity index (χ1) is 13.6. The molecule has 158 valence electrons.